The second-order valence-corrected chi connectivity index (χ2v) is 8.88. The van der Waals surface area contributed by atoms with Gasteiger partial charge in [-0.15, -0.1) is 0 Å². The first-order valence-corrected chi connectivity index (χ1v) is 9.85. The fourth-order valence-corrected chi connectivity index (χ4v) is 5.72. The monoisotopic (exact) mass is 494 g/mol. The normalized spacial score (nSPS) is 14.2. The zero-order valence-electron chi connectivity index (χ0n) is 14.7. The lowest BCUT2D eigenvalue weighted by Crippen LogP contribution is -2.16. The van der Waals surface area contributed by atoms with Gasteiger partial charge in [-0.25, -0.2) is 8.78 Å². The second kappa shape index (κ2) is 6.11. The molecule has 0 atom stereocenters. The first kappa shape index (κ1) is 18.6. The molecule has 0 saturated heterocycles. The van der Waals surface area contributed by atoms with Gasteiger partial charge in [0.15, 0.2) is 0 Å². The number of rotatable bonds is 1. The van der Waals surface area contributed by atoms with Crippen LogP contribution in [0.3, 0.4) is 0 Å². The molecule has 0 N–H and O–H groups in total. The van der Waals surface area contributed by atoms with Gasteiger partial charge in [0.25, 0.3) is 0 Å². The third-order valence-electron chi connectivity index (χ3n) is 5.02. The molecule has 0 saturated carbocycles. The third-order valence-corrected chi connectivity index (χ3v) is 6.10. The first-order valence-electron chi connectivity index (χ1n) is 8.26. The smallest absolute Gasteiger partial charge is 0.308 e. The molecular formula is C21H14Br2F2O2. The van der Waals surface area contributed by atoms with Crippen LogP contribution in [0.25, 0.3) is 21.9 Å². The Balaban J connectivity index is 2.25. The van der Waals surface area contributed by atoms with Gasteiger partial charge >= 0.3 is 5.97 Å². The van der Waals surface area contributed by atoms with Gasteiger partial charge in [-0.3, -0.25) is 4.79 Å². The zero-order chi connectivity index (χ0) is 19.7. The van der Waals surface area contributed by atoms with Crippen molar-refractivity contribution in [3.63, 3.8) is 0 Å². The van der Waals surface area contributed by atoms with E-state index in [1.165, 1.54) is 6.92 Å². The molecule has 2 nitrogen and oxygen atoms in total. The van der Waals surface area contributed by atoms with Gasteiger partial charge < -0.3 is 4.74 Å². The summed E-state index contributed by atoms with van der Waals surface area (Å²) in [5.41, 5.74) is 2.71. The lowest BCUT2D eigenvalue weighted by Gasteiger charge is -2.23. The van der Waals surface area contributed by atoms with Crippen LogP contribution in [-0.4, -0.2) is 5.97 Å². The SMILES string of the molecule is CC(=O)Oc1cc2c(c3c(F)ccc(F)c13)-c1cc(Br)cc(Br)c1C2(C)C. The van der Waals surface area contributed by atoms with E-state index in [0.29, 0.717) is 5.56 Å². The first-order chi connectivity index (χ1) is 12.6. The van der Waals surface area contributed by atoms with Crippen LogP contribution in [-0.2, 0) is 10.2 Å². The summed E-state index contributed by atoms with van der Waals surface area (Å²) < 4.78 is 36.6. The van der Waals surface area contributed by atoms with Gasteiger partial charge in [-0.2, -0.15) is 0 Å². The van der Waals surface area contributed by atoms with Gasteiger partial charge in [0.1, 0.15) is 17.4 Å². The predicted octanol–water partition coefficient (Wildman–Crippen LogP) is 6.87. The Morgan fingerprint density at radius 3 is 2.30 bits per heavy atom. The van der Waals surface area contributed by atoms with Crippen molar-refractivity contribution < 1.29 is 18.3 Å². The van der Waals surface area contributed by atoms with Crippen LogP contribution >= 0.6 is 31.9 Å². The van der Waals surface area contributed by atoms with E-state index in [0.717, 1.165) is 37.8 Å². The number of carbonyl (C=O) groups excluding carboxylic acids is 1. The fourth-order valence-electron chi connectivity index (χ4n) is 4.00. The molecular weight excluding hydrogens is 482 g/mol. The second-order valence-electron chi connectivity index (χ2n) is 7.11. The van der Waals surface area contributed by atoms with Gasteiger partial charge in [-0.1, -0.05) is 45.7 Å². The molecule has 6 heteroatoms. The maximum atomic E-state index is 15.0. The lowest BCUT2D eigenvalue weighted by molar-refractivity contribution is -0.131. The molecule has 0 heterocycles. The predicted molar refractivity (Wildman–Crippen MR) is 108 cm³/mol. The van der Waals surface area contributed by atoms with Crippen LogP contribution in [0.15, 0.2) is 39.3 Å². The molecule has 0 aromatic heterocycles. The molecule has 0 aliphatic heterocycles. The Morgan fingerprint density at radius 2 is 1.67 bits per heavy atom. The third kappa shape index (κ3) is 2.64. The van der Waals surface area contributed by atoms with Crippen molar-refractivity contribution in [2.75, 3.05) is 0 Å². The highest BCUT2D eigenvalue weighted by atomic mass is 79.9. The molecule has 0 unspecified atom stereocenters. The highest BCUT2D eigenvalue weighted by Crippen LogP contribution is 2.56. The van der Waals surface area contributed by atoms with E-state index in [1.54, 1.807) is 6.07 Å². The number of benzene rings is 3. The van der Waals surface area contributed by atoms with E-state index in [2.05, 4.69) is 31.9 Å². The van der Waals surface area contributed by atoms with Crippen molar-refractivity contribution in [3.8, 4) is 16.9 Å². The van der Waals surface area contributed by atoms with Crippen LogP contribution < -0.4 is 4.74 Å². The average Bonchev–Trinajstić information content (AvgIpc) is 2.77. The van der Waals surface area contributed by atoms with Gasteiger partial charge in [0.2, 0.25) is 0 Å². The summed E-state index contributed by atoms with van der Waals surface area (Å²) in [6.45, 7) is 5.26. The minimum absolute atomic E-state index is 0.0244. The van der Waals surface area contributed by atoms with Gasteiger partial charge in [0.05, 0.1) is 5.39 Å². The largest absolute Gasteiger partial charge is 0.426 e. The molecule has 27 heavy (non-hydrogen) atoms. The summed E-state index contributed by atoms with van der Waals surface area (Å²) in [4.78, 5) is 11.6. The van der Waals surface area contributed by atoms with E-state index in [1.807, 2.05) is 26.0 Å². The maximum Gasteiger partial charge on any atom is 0.308 e. The van der Waals surface area contributed by atoms with Crippen LogP contribution in [0.1, 0.15) is 31.9 Å². The molecule has 4 rings (SSSR count). The molecule has 0 amide bonds. The average molecular weight is 496 g/mol. The number of hydrogen-bond acceptors (Lipinski definition) is 2. The minimum atomic E-state index is -0.634. The van der Waals surface area contributed by atoms with Crippen molar-refractivity contribution in [1.82, 2.24) is 0 Å². The van der Waals surface area contributed by atoms with Crippen LogP contribution in [0.4, 0.5) is 8.78 Å². The highest BCUT2D eigenvalue weighted by molar-refractivity contribution is 9.11. The van der Waals surface area contributed by atoms with E-state index < -0.39 is 23.0 Å². The van der Waals surface area contributed by atoms with Crippen LogP contribution in [0, 0.1) is 11.6 Å². The summed E-state index contributed by atoms with van der Waals surface area (Å²) in [5, 5.41) is 0.101. The minimum Gasteiger partial charge on any atom is -0.426 e. The topological polar surface area (TPSA) is 26.3 Å². The van der Waals surface area contributed by atoms with Crippen molar-refractivity contribution in [3.05, 3.63) is 62.0 Å². The van der Waals surface area contributed by atoms with Gasteiger partial charge in [0, 0.05) is 26.7 Å². The molecule has 3 aromatic carbocycles. The van der Waals surface area contributed by atoms with E-state index >= 15 is 0 Å². The molecule has 0 radical (unpaired) electrons. The Kier molecular flexibility index (Phi) is 4.20. The number of halogens is 4. The summed E-state index contributed by atoms with van der Waals surface area (Å²) >= 11 is 7.09. The van der Waals surface area contributed by atoms with E-state index in [9.17, 15) is 13.6 Å². The zero-order valence-corrected chi connectivity index (χ0v) is 17.9. The summed E-state index contributed by atoms with van der Waals surface area (Å²) in [7, 11) is 0. The number of hydrogen-bond donors (Lipinski definition) is 0. The highest BCUT2D eigenvalue weighted by Gasteiger charge is 2.40. The molecule has 0 spiro atoms. The standard InChI is InChI=1S/C21H14Br2F2O2/c1-9(26)27-16-8-12-17(19-15(25)5-4-14(24)18(16)19)11-6-10(22)7-13(23)20(11)21(12,2)3/h4-8H,1-3H3. The summed E-state index contributed by atoms with van der Waals surface area (Å²) in [6, 6.07) is 7.64. The van der Waals surface area contributed by atoms with E-state index in [-0.39, 0.29) is 16.5 Å². The van der Waals surface area contributed by atoms with Gasteiger partial charge in [-0.05, 0) is 52.6 Å². The molecule has 138 valence electrons. The Hall–Kier alpha value is -1.79. The van der Waals surface area contributed by atoms with Crippen molar-refractivity contribution in [2.45, 2.75) is 26.2 Å². The molecule has 1 aliphatic rings. The molecule has 1 aliphatic carbocycles. The quantitative estimate of drug-likeness (QED) is 0.272. The number of ether oxygens (including phenoxy) is 1. The van der Waals surface area contributed by atoms with Crippen molar-refractivity contribution >= 4 is 48.6 Å². The molecule has 0 fully saturated rings. The Morgan fingerprint density at radius 1 is 1.04 bits per heavy atom. The number of esters is 1. The Bertz CT molecular complexity index is 1150. The fraction of sp³-hybridized carbons (Fsp3) is 0.190. The van der Waals surface area contributed by atoms with Crippen molar-refractivity contribution in [2.24, 2.45) is 0 Å². The number of carbonyl (C=O) groups is 1. The Labute approximate surface area is 171 Å². The van der Waals surface area contributed by atoms with Crippen molar-refractivity contribution in [1.29, 1.82) is 0 Å². The summed E-state index contributed by atoms with van der Waals surface area (Å²) in [6.07, 6.45) is 0. The maximum absolute atomic E-state index is 15.0. The molecule has 3 aromatic rings. The van der Waals surface area contributed by atoms with Crippen LogP contribution in [0.2, 0.25) is 0 Å². The lowest BCUT2D eigenvalue weighted by atomic mass is 9.82. The van der Waals surface area contributed by atoms with Crippen LogP contribution in [0.5, 0.6) is 5.75 Å². The van der Waals surface area contributed by atoms with E-state index in [4.69, 9.17) is 4.74 Å². The summed E-state index contributed by atoms with van der Waals surface area (Å²) in [5.74, 6) is -1.75. The number of fused-ring (bicyclic) bond motifs is 5. The molecule has 0 bridgehead atoms.